The summed E-state index contributed by atoms with van der Waals surface area (Å²) in [6.45, 7) is 5.57. The van der Waals surface area contributed by atoms with Gasteiger partial charge in [-0.15, -0.1) is 0 Å². The van der Waals surface area contributed by atoms with Crippen molar-refractivity contribution in [1.82, 2.24) is 5.32 Å². The highest BCUT2D eigenvalue weighted by Gasteiger charge is 2.43. The third-order valence-corrected chi connectivity index (χ3v) is 4.03. The lowest BCUT2D eigenvalue weighted by Crippen LogP contribution is -2.44. The van der Waals surface area contributed by atoms with Gasteiger partial charge >= 0.3 is 0 Å². The van der Waals surface area contributed by atoms with E-state index >= 15 is 0 Å². The third kappa shape index (κ3) is 2.98. The summed E-state index contributed by atoms with van der Waals surface area (Å²) in [5.41, 5.74) is 0.493. The Labute approximate surface area is 115 Å². The van der Waals surface area contributed by atoms with Gasteiger partial charge in [0, 0.05) is 12.2 Å². The van der Waals surface area contributed by atoms with Crippen molar-refractivity contribution in [2.75, 3.05) is 13.2 Å². The van der Waals surface area contributed by atoms with Crippen molar-refractivity contribution in [1.29, 1.82) is 0 Å². The fourth-order valence-corrected chi connectivity index (χ4v) is 3.27. The number of nitrogens with one attached hydrogen (secondary N) is 1. The van der Waals surface area contributed by atoms with Crippen LogP contribution in [0.2, 0.25) is 0 Å². The molecular weight excluding hydrogens is 241 g/mol. The molecule has 1 saturated carbocycles. The molecule has 1 atom stereocenters. The smallest absolute Gasteiger partial charge is 0.128 e. The lowest BCUT2D eigenvalue weighted by atomic mass is 9.86. The number of halogens is 1. The van der Waals surface area contributed by atoms with Gasteiger partial charge in [0.25, 0.3) is 0 Å². The zero-order valence-corrected chi connectivity index (χ0v) is 11.9. The Bertz CT molecular complexity index is 401. The van der Waals surface area contributed by atoms with Crippen LogP contribution < -0.4 is 5.32 Å². The first kappa shape index (κ1) is 14.5. The summed E-state index contributed by atoms with van der Waals surface area (Å²) in [7, 11) is 0. The Morgan fingerprint density at radius 3 is 2.53 bits per heavy atom. The Morgan fingerprint density at radius 1 is 1.26 bits per heavy atom. The van der Waals surface area contributed by atoms with Crippen molar-refractivity contribution in [2.24, 2.45) is 0 Å². The van der Waals surface area contributed by atoms with Crippen LogP contribution in [0.1, 0.15) is 51.1 Å². The van der Waals surface area contributed by atoms with Crippen molar-refractivity contribution in [2.45, 2.75) is 51.2 Å². The van der Waals surface area contributed by atoms with E-state index in [1.807, 2.05) is 19.1 Å². The van der Waals surface area contributed by atoms with Gasteiger partial charge in [-0.05, 0) is 32.4 Å². The molecule has 2 nitrogen and oxygen atoms in total. The van der Waals surface area contributed by atoms with Crippen LogP contribution >= 0.6 is 0 Å². The standard InChI is InChI=1S/C16H24FNO/c1-3-18-15(13-9-5-6-10-14(13)17)16(19-4-2)11-7-8-12-16/h5-6,9-10,15,18H,3-4,7-8,11-12H2,1-2H3. The van der Waals surface area contributed by atoms with Crippen LogP contribution in [0, 0.1) is 5.82 Å². The van der Waals surface area contributed by atoms with Gasteiger partial charge in [0.2, 0.25) is 0 Å². The first-order chi connectivity index (χ1) is 9.23. The Morgan fingerprint density at radius 2 is 1.95 bits per heavy atom. The van der Waals surface area contributed by atoms with Crippen molar-refractivity contribution in [3.8, 4) is 0 Å². The third-order valence-electron chi connectivity index (χ3n) is 4.03. The van der Waals surface area contributed by atoms with Crippen LogP contribution in [0.5, 0.6) is 0 Å². The van der Waals surface area contributed by atoms with Gasteiger partial charge in [-0.25, -0.2) is 4.39 Å². The molecular formula is C16H24FNO. The average Bonchev–Trinajstić information content (AvgIpc) is 2.87. The molecule has 0 heterocycles. The molecule has 0 bridgehead atoms. The topological polar surface area (TPSA) is 21.3 Å². The zero-order chi connectivity index (χ0) is 13.7. The molecule has 1 aliphatic rings. The highest BCUT2D eigenvalue weighted by molar-refractivity contribution is 5.25. The van der Waals surface area contributed by atoms with E-state index < -0.39 is 0 Å². The quantitative estimate of drug-likeness (QED) is 0.844. The summed E-state index contributed by atoms with van der Waals surface area (Å²) in [5, 5.41) is 3.44. The Hall–Kier alpha value is -0.930. The summed E-state index contributed by atoms with van der Waals surface area (Å²) in [5.74, 6) is -0.139. The van der Waals surface area contributed by atoms with Crippen LogP contribution in [-0.2, 0) is 4.74 Å². The first-order valence-electron chi connectivity index (χ1n) is 7.35. The SMILES string of the molecule is CCNC(c1ccccc1F)C1(OCC)CCCC1. The number of hydrogen-bond donors (Lipinski definition) is 1. The Balaban J connectivity index is 2.35. The summed E-state index contributed by atoms with van der Waals surface area (Å²) in [4.78, 5) is 0. The minimum atomic E-state index is -0.243. The molecule has 0 amide bonds. The van der Waals surface area contributed by atoms with Crippen LogP contribution in [0.3, 0.4) is 0 Å². The molecule has 106 valence electrons. The molecule has 1 N–H and O–H groups in total. The molecule has 0 aliphatic heterocycles. The van der Waals surface area contributed by atoms with Gasteiger partial charge in [-0.3, -0.25) is 0 Å². The van der Waals surface area contributed by atoms with E-state index in [0.29, 0.717) is 6.61 Å². The van der Waals surface area contributed by atoms with Gasteiger partial charge in [-0.2, -0.15) is 0 Å². The summed E-state index contributed by atoms with van der Waals surface area (Å²) >= 11 is 0. The first-order valence-corrected chi connectivity index (χ1v) is 7.35. The van der Waals surface area contributed by atoms with Gasteiger partial charge in [0.15, 0.2) is 0 Å². The van der Waals surface area contributed by atoms with E-state index in [1.165, 1.54) is 6.07 Å². The van der Waals surface area contributed by atoms with E-state index in [-0.39, 0.29) is 17.5 Å². The maximum absolute atomic E-state index is 14.1. The van der Waals surface area contributed by atoms with E-state index in [0.717, 1.165) is 37.8 Å². The minimum absolute atomic E-state index is 0.0545. The number of benzene rings is 1. The maximum Gasteiger partial charge on any atom is 0.128 e. The number of ether oxygens (including phenoxy) is 1. The molecule has 2 rings (SSSR count). The van der Waals surface area contributed by atoms with E-state index in [1.54, 1.807) is 6.07 Å². The fraction of sp³-hybridized carbons (Fsp3) is 0.625. The van der Waals surface area contributed by atoms with Crippen LogP contribution in [0.4, 0.5) is 4.39 Å². The van der Waals surface area contributed by atoms with Crippen molar-refractivity contribution >= 4 is 0 Å². The van der Waals surface area contributed by atoms with E-state index in [9.17, 15) is 4.39 Å². The molecule has 1 fully saturated rings. The molecule has 0 saturated heterocycles. The molecule has 1 aromatic carbocycles. The Kier molecular flexibility index (Phi) is 4.94. The average molecular weight is 265 g/mol. The minimum Gasteiger partial charge on any atom is -0.373 e. The van der Waals surface area contributed by atoms with Crippen molar-refractivity contribution in [3.63, 3.8) is 0 Å². The van der Waals surface area contributed by atoms with Crippen LogP contribution in [0.15, 0.2) is 24.3 Å². The molecule has 0 aromatic heterocycles. The van der Waals surface area contributed by atoms with Crippen LogP contribution in [0.25, 0.3) is 0 Å². The molecule has 3 heteroatoms. The lowest BCUT2D eigenvalue weighted by Gasteiger charge is -2.38. The zero-order valence-electron chi connectivity index (χ0n) is 11.9. The summed E-state index contributed by atoms with van der Waals surface area (Å²) in [6, 6.07) is 7.00. The molecule has 1 aliphatic carbocycles. The largest absolute Gasteiger partial charge is 0.373 e. The maximum atomic E-state index is 14.1. The van der Waals surface area contributed by atoms with E-state index in [4.69, 9.17) is 4.74 Å². The van der Waals surface area contributed by atoms with Gasteiger partial charge < -0.3 is 10.1 Å². The second-order valence-corrected chi connectivity index (χ2v) is 5.22. The predicted molar refractivity (Wildman–Crippen MR) is 75.6 cm³/mol. The van der Waals surface area contributed by atoms with E-state index in [2.05, 4.69) is 12.2 Å². The number of rotatable bonds is 6. The molecule has 0 spiro atoms. The molecule has 0 radical (unpaired) electrons. The lowest BCUT2D eigenvalue weighted by molar-refractivity contribution is -0.0630. The van der Waals surface area contributed by atoms with Crippen molar-refractivity contribution in [3.05, 3.63) is 35.6 Å². The highest BCUT2D eigenvalue weighted by Crippen LogP contribution is 2.43. The highest BCUT2D eigenvalue weighted by atomic mass is 19.1. The second kappa shape index (κ2) is 6.49. The number of likely N-dealkylation sites (N-methyl/N-ethyl adjacent to an activating group) is 1. The second-order valence-electron chi connectivity index (χ2n) is 5.22. The molecule has 1 unspecified atom stereocenters. The number of hydrogen-bond acceptors (Lipinski definition) is 2. The fourth-order valence-electron chi connectivity index (χ4n) is 3.27. The molecule has 1 aromatic rings. The van der Waals surface area contributed by atoms with Crippen molar-refractivity contribution < 1.29 is 9.13 Å². The van der Waals surface area contributed by atoms with Gasteiger partial charge in [0.1, 0.15) is 5.82 Å². The normalized spacial score (nSPS) is 19.5. The predicted octanol–water partition coefficient (Wildman–Crippen LogP) is 3.83. The van der Waals surface area contributed by atoms with Gasteiger partial charge in [0.05, 0.1) is 11.6 Å². The van der Waals surface area contributed by atoms with Gasteiger partial charge in [-0.1, -0.05) is 38.0 Å². The monoisotopic (exact) mass is 265 g/mol. The van der Waals surface area contributed by atoms with Crippen LogP contribution in [-0.4, -0.2) is 18.8 Å². The molecule has 19 heavy (non-hydrogen) atoms. The summed E-state index contributed by atoms with van der Waals surface area (Å²) in [6.07, 6.45) is 4.34. The summed E-state index contributed by atoms with van der Waals surface area (Å²) < 4.78 is 20.2.